The fourth-order valence-electron chi connectivity index (χ4n) is 4.76. The number of carbonyl (C=O) groups excluding carboxylic acids is 1. The first-order valence-corrected chi connectivity index (χ1v) is 11.6. The Labute approximate surface area is 199 Å². The van der Waals surface area contributed by atoms with Crippen LogP contribution in [0.3, 0.4) is 0 Å². The number of hydrogen-bond acceptors (Lipinski definition) is 7. The highest BCUT2D eigenvalue weighted by atomic mass is 16.1. The van der Waals surface area contributed by atoms with E-state index in [9.17, 15) is 10.1 Å². The zero-order valence-electron chi connectivity index (χ0n) is 19.5. The molecule has 5 rings (SSSR count). The minimum atomic E-state index is -0.0254. The first-order valence-electron chi connectivity index (χ1n) is 11.6. The molecule has 0 bridgehead atoms. The van der Waals surface area contributed by atoms with Crippen LogP contribution in [0, 0.1) is 11.3 Å². The number of nitriles is 1. The number of aromatic nitrogens is 4. The largest absolute Gasteiger partial charge is 0.356 e. The summed E-state index contributed by atoms with van der Waals surface area (Å²) in [6.45, 7) is 3.48. The Morgan fingerprint density at radius 2 is 2.06 bits per heavy atom. The molecule has 2 aromatic heterocycles. The smallest absolute Gasteiger partial charge is 0.230 e. The third-order valence-electron chi connectivity index (χ3n) is 6.56. The summed E-state index contributed by atoms with van der Waals surface area (Å²) in [6.07, 6.45) is 5.90. The van der Waals surface area contributed by atoms with Crippen molar-refractivity contribution in [2.75, 3.05) is 43.9 Å². The van der Waals surface area contributed by atoms with Crippen LogP contribution in [0.15, 0.2) is 36.8 Å². The van der Waals surface area contributed by atoms with Gasteiger partial charge in [-0.2, -0.15) is 5.26 Å². The summed E-state index contributed by atoms with van der Waals surface area (Å²) >= 11 is 0. The van der Waals surface area contributed by atoms with Crippen LogP contribution in [0.1, 0.15) is 35.7 Å². The van der Waals surface area contributed by atoms with E-state index in [2.05, 4.69) is 56.0 Å². The molecule has 1 N–H and O–H groups in total. The van der Waals surface area contributed by atoms with Crippen molar-refractivity contribution in [3.63, 3.8) is 0 Å². The molecule has 9 nitrogen and oxygen atoms in total. The Bertz CT molecular complexity index is 1250. The highest BCUT2D eigenvalue weighted by Gasteiger charge is 2.30. The predicted molar refractivity (Wildman–Crippen MR) is 129 cm³/mol. The molecule has 1 fully saturated rings. The van der Waals surface area contributed by atoms with E-state index < -0.39 is 0 Å². The van der Waals surface area contributed by atoms with Gasteiger partial charge >= 0.3 is 0 Å². The van der Waals surface area contributed by atoms with E-state index in [1.54, 1.807) is 0 Å². The Balaban J connectivity index is 1.37. The lowest BCUT2D eigenvalue weighted by Gasteiger charge is -2.33. The number of amides is 1. The van der Waals surface area contributed by atoms with Crippen LogP contribution in [-0.4, -0.2) is 64.1 Å². The number of nitrogens with zero attached hydrogens (tertiary/aromatic N) is 7. The monoisotopic (exact) mass is 456 g/mol. The number of piperidine rings is 1. The maximum atomic E-state index is 11.8. The first kappa shape index (κ1) is 22.0. The number of likely N-dealkylation sites (N-methyl/N-ethyl adjacent to an activating group) is 1. The average Bonchev–Trinajstić information content (AvgIpc) is 3.45. The van der Waals surface area contributed by atoms with Gasteiger partial charge in [-0.25, -0.2) is 15.0 Å². The molecule has 0 spiro atoms. The molecule has 0 atom stereocenters. The van der Waals surface area contributed by atoms with Crippen LogP contribution in [0.4, 0.5) is 11.6 Å². The lowest BCUT2D eigenvalue weighted by atomic mass is 9.95. The van der Waals surface area contributed by atoms with Gasteiger partial charge in [-0.3, -0.25) is 4.79 Å². The molecule has 174 valence electrons. The number of anilines is 2. The zero-order chi connectivity index (χ0) is 23.7. The van der Waals surface area contributed by atoms with E-state index in [1.165, 1.54) is 6.33 Å². The second-order valence-electron chi connectivity index (χ2n) is 9.18. The van der Waals surface area contributed by atoms with Gasteiger partial charge in [0.05, 0.1) is 23.7 Å². The van der Waals surface area contributed by atoms with Gasteiger partial charge in [0.25, 0.3) is 0 Å². The lowest BCUT2D eigenvalue weighted by molar-refractivity contribution is -0.115. The minimum absolute atomic E-state index is 0.0254. The summed E-state index contributed by atoms with van der Waals surface area (Å²) in [4.78, 5) is 30.1. The Hall–Kier alpha value is -3.77. The fraction of sp³-hybridized carbons (Fsp3) is 0.400. The van der Waals surface area contributed by atoms with Crippen molar-refractivity contribution in [2.45, 2.75) is 31.7 Å². The van der Waals surface area contributed by atoms with E-state index in [4.69, 9.17) is 4.98 Å². The van der Waals surface area contributed by atoms with Crippen LogP contribution in [-0.2, 0) is 17.8 Å². The molecule has 34 heavy (non-hydrogen) atoms. The van der Waals surface area contributed by atoms with Gasteiger partial charge < -0.3 is 19.7 Å². The third kappa shape index (κ3) is 4.37. The second-order valence-corrected chi connectivity index (χ2v) is 9.18. The van der Waals surface area contributed by atoms with Crippen molar-refractivity contribution in [3.8, 4) is 17.3 Å². The van der Waals surface area contributed by atoms with Crippen molar-refractivity contribution in [1.82, 2.24) is 24.4 Å². The van der Waals surface area contributed by atoms with Gasteiger partial charge in [-0.15, -0.1) is 0 Å². The quantitative estimate of drug-likeness (QED) is 0.608. The van der Waals surface area contributed by atoms with Gasteiger partial charge in [-0.05, 0) is 39.1 Å². The Morgan fingerprint density at radius 3 is 2.82 bits per heavy atom. The predicted octanol–water partition coefficient (Wildman–Crippen LogP) is 2.65. The van der Waals surface area contributed by atoms with Gasteiger partial charge in [0, 0.05) is 49.4 Å². The van der Waals surface area contributed by atoms with Crippen LogP contribution in [0.5, 0.6) is 0 Å². The fourth-order valence-corrected chi connectivity index (χ4v) is 4.76. The molecule has 0 aliphatic carbocycles. The Kier molecular flexibility index (Phi) is 5.99. The van der Waals surface area contributed by atoms with Gasteiger partial charge in [0.2, 0.25) is 5.91 Å². The molecule has 0 saturated carbocycles. The summed E-state index contributed by atoms with van der Waals surface area (Å²) in [7, 11) is 4.15. The molecule has 0 unspecified atom stereocenters. The summed E-state index contributed by atoms with van der Waals surface area (Å²) in [5, 5.41) is 12.1. The topological polar surface area (TPSA) is 103 Å². The molecule has 9 heteroatoms. The van der Waals surface area contributed by atoms with Crippen molar-refractivity contribution in [2.24, 2.45) is 0 Å². The van der Waals surface area contributed by atoms with E-state index in [-0.39, 0.29) is 5.91 Å². The normalized spacial score (nSPS) is 15.9. The van der Waals surface area contributed by atoms with E-state index in [0.29, 0.717) is 23.7 Å². The lowest BCUT2D eigenvalue weighted by Crippen LogP contribution is -2.35. The number of fused-ring (bicyclic) bond motifs is 1. The van der Waals surface area contributed by atoms with E-state index >= 15 is 0 Å². The van der Waals surface area contributed by atoms with Crippen LogP contribution < -0.4 is 10.2 Å². The molecule has 1 aromatic carbocycles. The molecule has 4 heterocycles. The van der Waals surface area contributed by atoms with Crippen LogP contribution in [0.2, 0.25) is 0 Å². The number of benzene rings is 1. The van der Waals surface area contributed by atoms with Gasteiger partial charge in [0.1, 0.15) is 23.8 Å². The summed E-state index contributed by atoms with van der Waals surface area (Å²) < 4.78 is 2.28. The number of carbonyl (C=O) groups is 1. The van der Waals surface area contributed by atoms with Crippen molar-refractivity contribution < 1.29 is 4.79 Å². The minimum Gasteiger partial charge on any atom is -0.356 e. The number of rotatable bonds is 6. The second kappa shape index (κ2) is 9.23. The molecule has 1 amide bonds. The van der Waals surface area contributed by atoms with Gasteiger partial charge in [0.15, 0.2) is 0 Å². The maximum Gasteiger partial charge on any atom is 0.230 e. The van der Waals surface area contributed by atoms with Crippen molar-refractivity contribution in [3.05, 3.63) is 53.7 Å². The van der Waals surface area contributed by atoms with E-state index in [0.717, 1.165) is 67.5 Å². The average molecular weight is 457 g/mol. The summed E-state index contributed by atoms with van der Waals surface area (Å²) in [5.74, 6) is 2.92. The molecule has 0 radical (unpaired) electrons. The highest BCUT2D eigenvalue weighted by molar-refractivity contribution is 5.99. The van der Waals surface area contributed by atoms with Crippen molar-refractivity contribution in [1.29, 1.82) is 5.26 Å². The van der Waals surface area contributed by atoms with Gasteiger partial charge in [-0.1, -0.05) is 12.1 Å². The third-order valence-corrected chi connectivity index (χ3v) is 6.56. The van der Waals surface area contributed by atoms with Crippen LogP contribution in [0.25, 0.3) is 11.3 Å². The number of imidazole rings is 1. The van der Waals surface area contributed by atoms with Crippen LogP contribution >= 0.6 is 0 Å². The molecule has 2 aliphatic rings. The standard InChI is InChI=1S/C25H28N8O/c1-31(2)10-11-33-15-21(19-5-3-4-17(12-19)14-26)29-24(33)18-6-8-32(9-7-18)25-20-13-22(34)30-23(20)27-16-28-25/h3-5,12,15-16,18H,6-11,13H2,1-2H3,(H,27,28,30,34). The zero-order valence-corrected chi connectivity index (χ0v) is 19.5. The Morgan fingerprint density at radius 1 is 1.24 bits per heavy atom. The molecule has 1 saturated heterocycles. The highest BCUT2D eigenvalue weighted by Crippen LogP contribution is 2.35. The summed E-state index contributed by atoms with van der Waals surface area (Å²) in [6, 6.07) is 9.85. The maximum absolute atomic E-state index is 11.8. The SMILES string of the molecule is CN(C)CCn1cc(-c2cccc(C#N)c2)nc1C1CCN(c2ncnc3c2CC(=O)N3)CC1. The molecule has 2 aliphatic heterocycles. The number of hydrogen-bond donors (Lipinski definition) is 1. The molecule has 3 aromatic rings. The molecular weight excluding hydrogens is 428 g/mol. The summed E-state index contributed by atoms with van der Waals surface area (Å²) in [5.41, 5.74) is 3.42. The molecular formula is C25H28N8O. The van der Waals surface area contributed by atoms with Crippen molar-refractivity contribution >= 4 is 17.5 Å². The first-order chi connectivity index (χ1) is 16.5. The number of nitrogens with one attached hydrogen (secondary N) is 1. The van der Waals surface area contributed by atoms with E-state index in [1.807, 2.05) is 24.3 Å².